The van der Waals surface area contributed by atoms with Gasteiger partial charge in [0.1, 0.15) is 0 Å². The van der Waals surface area contributed by atoms with E-state index in [1.807, 2.05) is 0 Å². The highest BCUT2D eigenvalue weighted by molar-refractivity contribution is 5.49. The van der Waals surface area contributed by atoms with Crippen molar-refractivity contribution in [2.24, 2.45) is 0 Å². The Hall–Kier alpha value is -1.02. The normalized spacial score (nSPS) is 13.6. The standard InChI is InChI=1S/C24H42O6/c1-17-18(2)24(16-30-14-22(28)10-6-8-12-26)20(4)19(3)23(17)15-29-13-21(27)9-5-7-11-25/h21-22,25-28H,5-16H2,1-4H3. The van der Waals surface area contributed by atoms with Crippen LogP contribution in [-0.2, 0) is 22.7 Å². The number of aliphatic hydroxyl groups excluding tert-OH is 4. The quantitative estimate of drug-likeness (QED) is 0.303. The van der Waals surface area contributed by atoms with Crippen molar-refractivity contribution in [3.05, 3.63) is 33.4 Å². The Balaban J connectivity index is 2.63. The van der Waals surface area contributed by atoms with Crippen LogP contribution in [0.1, 0.15) is 71.9 Å². The van der Waals surface area contributed by atoms with E-state index >= 15 is 0 Å². The number of ether oxygens (including phenoxy) is 2. The van der Waals surface area contributed by atoms with E-state index in [1.165, 1.54) is 22.3 Å². The lowest BCUT2D eigenvalue weighted by molar-refractivity contribution is 0.0214. The third-order valence-corrected chi connectivity index (χ3v) is 5.94. The highest BCUT2D eigenvalue weighted by atomic mass is 16.5. The van der Waals surface area contributed by atoms with Gasteiger partial charge in [-0.05, 0) is 99.6 Å². The lowest BCUT2D eigenvalue weighted by Gasteiger charge is -2.22. The first kappa shape index (κ1) is 27.0. The van der Waals surface area contributed by atoms with Crippen molar-refractivity contribution in [1.29, 1.82) is 0 Å². The molecule has 0 bridgehead atoms. The Morgan fingerprint density at radius 1 is 0.600 bits per heavy atom. The molecule has 6 heteroatoms. The minimum Gasteiger partial charge on any atom is -0.396 e. The van der Waals surface area contributed by atoms with Crippen molar-refractivity contribution in [1.82, 2.24) is 0 Å². The van der Waals surface area contributed by atoms with Crippen LogP contribution in [0.2, 0.25) is 0 Å². The molecule has 0 amide bonds. The van der Waals surface area contributed by atoms with Gasteiger partial charge < -0.3 is 29.9 Å². The van der Waals surface area contributed by atoms with Crippen LogP contribution in [0.3, 0.4) is 0 Å². The summed E-state index contributed by atoms with van der Waals surface area (Å²) in [5.41, 5.74) is 7.01. The van der Waals surface area contributed by atoms with E-state index in [2.05, 4.69) is 27.7 Å². The van der Waals surface area contributed by atoms with E-state index in [4.69, 9.17) is 19.7 Å². The molecule has 1 aromatic rings. The Labute approximate surface area is 181 Å². The van der Waals surface area contributed by atoms with E-state index in [0.29, 0.717) is 52.1 Å². The number of benzene rings is 1. The molecule has 0 saturated carbocycles. The molecule has 6 nitrogen and oxygen atoms in total. The third-order valence-electron chi connectivity index (χ3n) is 5.94. The highest BCUT2D eigenvalue weighted by Gasteiger charge is 2.16. The van der Waals surface area contributed by atoms with E-state index in [-0.39, 0.29) is 13.2 Å². The second-order valence-corrected chi connectivity index (χ2v) is 8.23. The zero-order valence-corrected chi connectivity index (χ0v) is 19.2. The fourth-order valence-corrected chi connectivity index (χ4v) is 3.65. The molecule has 0 saturated heterocycles. The fourth-order valence-electron chi connectivity index (χ4n) is 3.65. The largest absolute Gasteiger partial charge is 0.396 e. The summed E-state index contributed by atoms with van der Waals surface area (Å²) in [5, 5.41) is 37.6. The fraction of sp³-hybridized carbons (Fsp3) is 0.750. The first-order valence-corrected chi connectivity index (χ1v) is 11.1. The minimum absolute atomic E-state index is 0.156. The van der Waals surface area contributed by atoms with Gasteiger partial charge in [0, 0.05) is 13.2 Å². The predicted octanol–water partition coefficient (Wildman–Crippen LogP) is 3.00. The van der Waals surface area contributed by atoms with Crippen molar-refractivity contribution in [2.75, 3.05) is 26.4 Å². The van der Waals surface area contributed by atoms with Gasteiger partial charge in [0.05, 0.1) is 38.6 Å². The van der Waals surface area contributed by atoms with Crippen molar-refractivity contribution >= 4 is 0 Å². The molecule has 2 unspecified atom stereocenters. The van der Waals surface area contributed by atoms with Crippen LogP contribution >= 0.6 is 0 Å². The van der Waals surface area contributed by atoms with Crippen molar-refractivity contribution < 1.29 is 29.9 Å². The number of rotatable bonds is 16. The summed E-state index contributed by atoms with van der Waals surface area (Å²) >= 11 is 0. The van der Waals surface area contributed by atoms with Gasteiger partial charge in [0.25, 0.3) is 0 Å². The molecule has 4 N–H and O–H groups in total. The Bertz CT molecular complexity index is 534. The molecule has 0 aliphatic carbocycles. The summed E-state index contributed by atoms with van der Waals surface area (Å²) in [6.07, 6.45) is 3.27. The summed E-state index contributed by atoms with van der Waals surface area (Å²) in [7, 11) is 0. The Morgan fingerprint density at radius 2 is 0.933 bits per heavy atom. The zero-order chi connectivity index (χ0) is 22.5. The molecule has 0 aliphatic heterocycles. The summed E-state index contributed by atoms with van der Waals surface area (Å²) in [4.78, 5) is 0. The van der Waals surface area contributed by atoms with Crippen LogP contribution < -0.4 is 0 Å². The van der Waals surface area contributed by atoms with Gasteiger partial charge in [-0.2, -0.15) is 0 Å². The first-order chi connectivity index (χ1) is 14.3. The number of unbranched alkanes of at least 4 members (excludes halogenated alkanes) is 2. The second kappa shape index (κ2) is 14.9. The topological polar surface area (TPSA) is 99.4 Å². The lowest BCUT2D eigenvalue weighted by atomic mass is 9.89. The van der Waals surface area contributed by atoms with Gasteiger partial charge in [0.15, 0.2) is 0 Å². The molecule has 0 fully saturated rings. The molecule has 0 heterocycles. The van der Waals surface area contributed by atoms with Crippen LogP contribution in [0, 0.1) is 27.7 Å². The maximum atomic E-state index is 10.00. The summed E-state index contributed by atoms with van der Waals surface area (Å²) in [6, 6.07) is 0. The van der Waals surface area contributed by atoms with Gasteiger partial charge in [0.2, 0.25) is 0 Å². The van der Waals surface area contributed by atoms with Crippen LogP contribution in [0.25, 0.3) is 0 Å². The molecule has 0 radical (unpaired) electrons. The minimum atomic E-state index is -0.504. The number of aliphatic hydroxyl groups is 4. The van der Waals surface area contributed by atoms with Gasteiger partial charge in [-0.25, -0.2) is 0 Å². The van der Waals surface area contributed by atoms with Crippen molar-refractivity contribution in [3.63, 3.8) is 0 Å². The Kier molecular flexibility index (Phi) is 13.4. The second-order valence-electron chi connectivity index (χ2n) is 8.23. The summed E-state index contributed by atoms with van der Waals surface area (Å²) in [6.45, 7) is 10.2. The van der Waals surface area contributed by atoms with E-state index in [9.17, 15) is 10.2 Å². The van der Waals surface area contributed by atoms with Crippen molar-refractivity contribution in [3.8, 4) is 0 Å². The smallest absolute Gasteiger partial charge is 0.0773 e. The molecule has 30 heavy (non-hydrogen) atoms. The average Bonchev–Trinajstić information content (AvgIpc) is 2.72. The lowest BCUT2D eigenvalue weighted by Crippen LogP contribution is -2.17. The molecule has 1 rings (SSSR count). The van der Waals surface area contributed by atoms with Crippen LogP contribution in [0.4, 0.5) is 0 Å². The number of hydrogen-bond acceptors (Lipinski definition) is 6. The Morgan fingerprint density at radius 3 is 1.23 bits per heavy atom. The molecule has 1 aromatic carbocycles. The molecule has 0 aromatic heterocycles. The van der Waals surface area contributed by atoms with E-state index in [0.717, 1.165) is 24.0 Å². The SMILES string of the molecule is Cc1c(C)c(COCC(O)CCCCO)c(C)c(C)c1COCC(O)CCCCO. The summed E-state index contributed by atoms with van der Waals surface area (Å²) < 4.78 is 11.6. The first-order valence-electron chi connectivity index (χ1n) is 11.1. The number of hydrogen-bond donors (Lipinski definition) is 4. The summed E-state index contributed by atoms with van der Waals surface area (Å²) in [5.74, 6) is 0. The third kappa shape index (κ3) is 9.00. The van der Waals surface area contributed by atoms with Gasteiger partial charge >= 0.3 is 0 Å². The highest BCUT2D eigenvalue weighted by Crippen LogP contribution is 2.28. The maximum absolute atomic E-state index is 10.00. The maximum Gasteiger partial charge on any atom is 0.0773 e. The van der Waals surface area contributed by atoms with Gasteiger partial charge in [-0.15, -0.1) is 0 Å². The molecular weight excluding hydrogens is 384 g/mol. The monoisotopic (exact) mass is 426 g/mol. The zero-order valence-electron chi connectivity index (χ0n) is 19.2. The molecule has 0 spiro atoms. The van der Waals surface area contributed by atoms with Gasteiger partial charge in [-0.1, -0.05) is 0 Å². The molecule has 174 valence electrons. The van der Waals surface area contributed by atoms with Crippen LogP contribution in [-0.4, -0.2) is 59.1 Å². The van der Waals surface area contributed by atoms with Crippen LogP contribution in [0.5, 0.6) is 0 Å². The predicted molar refractivity (Wildman–Crippen MR) is 119 cm³/mol. The van der Waals surface area contributed by atoms with Gasteiger partial charge in [-0.3, -0.25) is 0 Å². The van der Waals surface area contributed by atoms with Crippen LogP contribution in [0.15, 0.2) is 0 Å². The molecule has 0 aliphatic rings. The van der Waals surface area contributed by atoms with E-state index in [1.54, 1.807) is 0 Å². The van der Waals surface area contributed by atoms with E-state index < -0.39 is 12.2 Å². The molecule has 2 atom stereocenters. The molecular formula is C24H42O6. The van der Waals surface area contributed by atoms with Crippen molar-refractivity contribution in [2.45, 2.75) is 91.6 Å². The average molecular weight is 427 g/mol.